The third-order valence-corrected chi connectivity index (χ3v) is 18.9. The highest BCUT2D eigenvalue weighted by molar-refractivity contribution is 7.47. The lowest BCUT2D eigenvalue weighted by Crippen LogP contribution is -2.30. The van der Waals surface area contributed by atoms with Gasteiger partial charge in [0.25, 0.3) is 0 Å². The maximum atomic E-state index is 13.0. The minimum atomic E-state index is -4.95. The summed E-state index contributed by atoms with van der Waals surface area (Å²) in [5.74, 6) is 0.165. The van der Waals surface area contributed by atoms with Gasteiger partial charge in [0.15, 0.2) is 12.2 Å². The second-order valence-corrected chi connectivity index (χ2v) is 30.1. The van der Waals surface area contributed by atoms with E-state index >= 15 is 0 Å². The van der Waals surface area contributed by atoms with E-state index in [9.17, 15) is 43.2 Å². The van der Waals surface area contributed by atoms with E-state index < -0.39 is 97.5 Å². The molecule has 0 aliphatic heterocycles. The number of ether oxygens (including phenoxy) is 4. The summed E-state index contributed by atoms with van der Waals surface area (Å²) < 4.78 is 68.2. The van der Waals surface area contributed by atoms with E-state index in [0.29, 0.717) is 31.6 Å². The summed E-state index contributed by atoms with van der Waals surface area (Å²) in [6, 6.07) is 0. The van der Waals surface area contributed by atoms with Gasteiger partial charge < -0.3 is 33.8 Å². The fourth-order valence-electron chi connectivity index (χ4n) is 10.9. The zero-order valence-corrected chi connectivity index (χ0v) is 61.1. The van der Waals surface area contributed by atoms with Gasteiger partial charge in [0, 0.05) is 25.7 Å². The van der Waals surface area contributed by atoms with E-state index in [0.717, 1.165) is 115 Å². The quantitative estimate of drug-likeness (QED) is 0.0222. The highest BCUT2D eigenvalue weighted by Crippen LogP contribution is 2.45. The van der Waals surface area contributed by atoms with Gasteiger partial charge in [-0.05, 0) is 43.4 Å². The molecule has 0 bridgehead atoms. The number of hydrogen-bond acceptors (Lipinski definition) is 15. The van der Waals surface area contributed by atoms with Crippen LogP contribution in [0.3, 0.4) is 0 Å². The van der Waals surface area contributed by atoms with Crippen molar-refractivity contribution in [2.75, 3.05) is 39.6 Å². The lowest BCUT2D eigenvalue weighted by Gasteiger charge is -2.21. The molecule has 0 radical (unpaired) electrons. The van der Waals surface area contributed by atoms with E-state index in [1.807, 2.05) is 0 Å². The van der Waals surface area contributed by atoms with Gasteiger partial charge in [-0.1, -0.05) is 312 Å². The number of carbonyl (C=O) groups excluding carboxylic acids is 4. The van der Waals surface area contributed by atoms with E-state index in [1.54, 1.807) is 0 Å². The Kier molecular flexibility index (Phi) is 61.5. The maximum absolute atomic E-state index is 13.0. The third kappa shape index (κ3) is 65.1. The molecule has 17 nitrogen and oxygen atoms in total. The average molecular weight is 1340 g/mol. The molecule has 19 heteroatoms. The normalized spacial score (nSPS) is 14.5. The fraction of sp³-hybridized carbons (Fsp3) is 0.944. The van der Waals surface area contributed by atoms with E-state index in [-0.39, 0.29) is 25.7 Å². The molecule has 6 atom stereocenters. The molecule has 0 saturated carbocycles. The van der Waals surface area contributed by atoms with E-state index in [2.05, 4.69) is 48.5 Å². The number of carbonyl (C=O) groups is 4. The first-order valence-corrected chi connectivity index (χ1v) is 40.4. The minimum absolute atomic E-state index is 0.102. The number of aliphatic hydroxyl groups excluding tert-OH is 1. The number of rotatable bonds is 70. The molecule has 0 saturated heterocycles. The Balaban J connectivity index is 5.13. The van der Waals surface area contributed by atoms with Crippen LogP contribution in [-0.4, -0.2) is 96.7 Å². The molecule has 540 valence electrons. The number of phosphoric acid groups is 2. The van der Waals surface area contributed by atoms with Crippen LogP contribution in [0.15, 0.2) is 0 Å². The van der Waals surface area contributed by atoms with E-state index in [4.69, 9.17) is 37.0 Å². The lowest BCUT2D eigenvalue weighted by molar-refractivity contribution is -0.161. The van der Waals surface area contributed by atoms with E-state index in [1.165, 1.54) is 161 Å². The van der Waals surface area contributed by atoms with Gasteiger partial charge in [0.2, 0.25) is 0 Å². The zero-order chi connectivity index (χ0) is 67.3. The molecule has 0 aromatic heterocycles. The molecule has 91 heavy (non-hydrogen) atoms. The molecule has 0 fully saturated rings. The largest absolute Gasteiger partial charge is 0.472 e. The van der Waals surface area contributed by atoms with Crippen molar-refractivity contribution in [3.05, 3.63) is 0 Å². The SMILES string of the molecule is CCCCCCCCCC(=O)OC[C@H](COP(=O)(O)OC[C@H](O)COP(=O)(O)OC[C@@H](COC(=O)CCCCCCCCCCCCC(C)C)OC(=O)CCCCCCCCCCCCCCCCCCCCC(C)CC)OC(=O)CCCCCCCCC(C)C. The van der Waals surface area contributed by atoms with Crippen molar-refractivity contribution in [2.24, 2.45) is 17.8 Å². The molecule has 0 heterocycles. The fourth-order valence-corrected chi connectivity index (χ4v) is 12.4. The van der Waals surface area contributed by atoms with Crippen molar-refractivity contribution >= 4 is 39.5 Å². The van der Waals surface area contributed by atoms with Crippen molar-refractivity contribution in [1.82, 2.24) is 0 Å². The zero-order valence-electron chi connectivity index (χ0n) is 59.3. The number of esters is 4. The summed E-state index contributed by atoms with van der Waals surface area (Å²) in [6.45, 7) is 11.8. The predicted octanol–water partition coefficient (Wildman–Crippen LogP) is 20.6. The summed E-state index contributed by atoms with van der Waals surface area (Å²) in [5, 5.41) is 10.6. The third-order valence-electron chi connectivity index (χ3n) is 17.0. The first-order valence-electron chi connectivity index (χ1n) is 37.4. The van der Waals surface area contributed by atoms with Gasteiger partial charge >= 0.3 is 39.5 Å². The molecular weight excluding hydrogens is 1200 g/mol. The molecule has 0 rings (SSSR count). The van der Waals surface area contributed by atoms with Crippen molar-refractivity contribution < 1.29 is 80.2 Å². The Bertz CT molecular complexity index is 1790. The maximum Gasteiger partial charge on any atom is 0.472 e. The summed E-state index contributed by atoms with van der Waals surface area (Å²) in [5.41, 5.74) is 0. The van der Waals surface area contributed by atoms with Crippen LogP contribution in [0.5, 0.6) is 0 Å². The van der Waals surface area contributed by atoms with Crippen LogP contribution >= 0.6 is 15.6 Å². The van der Waals surface area contributed by atoms with Crippen molar-refractivity contribution in [3.63, 3.8) is 0 Å². The van der Waals surface area contributed by atoms with Crippen LogP contribution in [-0.2, 0) is 65.4 Å². The topological polar surface area (TPSA) is 237 Å². The summed E-state index contributed by atoms with van der Waals surface area (Å²) in [6.07, 6.45) is 47.6. The lowest BCUT2D eigenvalue weighted by atomic mass is 9.99. The summed E-state index contributed by atoms with van der Waals surface area (Å²) in [4.78, 5) is 72.4. The minimum Gasteiger partial charge on any atom is -0.462 e. The van der Waals surface area contributed by atoms with Crippen molar-refractivity contribution in [1.29, 1.82) is 0 Å². The van der Waals surface area contributed by atoms with Crippen LogP contribution in [0.25, 0.3) is 0 Å². The smallest absolute Gasteiger partial charge is 0.462 e. The Hall–Kier alpha value is -1.94. The Morgan fingerprint density at radius 2 is 0.560 bits per heavy atom. The van der Waals surface area contributed by atoms with Gasteiger partial charge in [-0.15, -0.1) is 0 Å². The molecule has 0 aliphatic carbocycles. The van der Waals surface area contributed by atoms with Crippen molar-refractivity contribution in [3.8, 4) is 0 Å². The van der Waals surface area contributed by atoms with Gasteiger partial charge in [-0.2, -0.15) is 0 Å². The number of unbranched alkanes of at least 4 members (excludes halogenated alkanes) is 37. The number of hydrogen-bond donors (Lipinski definition) is 3. The van der Waals surface area contributed by atoms with Gasteiger partial charge in [-0.3, -0.25) is 37.3 Å². The van der Waals surface area contributed by atoms with Gasteiger partial charge in [0.1, 0.15) is 19.3 Å². The number of aliphatic hydroxyl groups is 1. The summed E-state index contributed by atoms with van der Waals surface area (Å²) >= 11 is 0. The van der Waals surface area contributed by atoms with Gasteiger partial charge in [0.05, 0.1) is 26.4 Å². The second kappa shape index (κ2) is 62.8. The summed E-state index contributed by atoms with van der Waals surface area (Å²) in [7, 11) is -9.90. The molecule has 3 unspecified atom stereocenters. The Morgan fingerprint density at radius 3 is 0.835 bits per heavy atom. The monoisotopic (exact) mass is 1340 g/mol. The number of phosphoric ester groups is 2. The highest BCUT2D eigenvalue weighted by Gasteiger charge is 2.30. The predicted molar refractivity (Wildman–Crippen MR) is 368 cm³/mol. The van der Waals surface area contributed by atoms with Crippen LogP contribution in [0, 0.1) is 17.8 Å². The van der Waals surface area contributed by atoms with Crippen LogP contribution in [0.2, 0.25) is 0 Å². The second-order valence-electron chi connectivity index (χ2n) is 27.2. The highest BCUT2D eigenvalue weighted by atomic mass is 31.2. The molecule has 0 aliphatic rings. The van der Waals surface area contributed by atoms with Gasteiger partial charge in [-0.25, -0.2) is 9.13 Å². The van der Waals surface area contributed by atoms with Crippen LogP contribution < -0.4 is 0 Å². The molecular formula is C72H140O17P2. The molecule has 0 aromatic rings. The first kappa shape index (κ1) is 89.1. The Labute approximate surface area is 556 Å². The standard InChI is InChI=1S/C72H140O17P2/c1-8-10-11-12-29-39-46-53-69(74)82-59-68(89-72(77)56-49-42-35-34-37-44-51-64(5)6)62-87-91(80,81)85-58-66(73)57-84-90(78,79)86-61-67(60-83-70(75)54-47-40-32-27-24-23-25-30-36-43-50-63(3)4)88-71(76)55-48-41-33-28-22-20-18-16-14-13-15-17-19-21-26-31-38-45-52-65(7)9-2/h63-68,73H,8-62H2,1-7H3,(H,78,79)(H,80,81)/t65?,66-,67-,68-/m1/s1. The molecule has 0 aromatic carbocycles. The molecule has 0 amide bonds. The molecule has 3 N–H and O–H groups in total. The first-order chi connectivity index (χ1) is 43.8. The van der Waals surface area contributed by atoms with Crippen LogP contribution in [0.1, 0.15) is 363 Å². The van der Waals surface area contributed by atoms with Crippen molar-refractivity contribution in [2.45, 2.75) is 381 Å². The molecule has 0 spiro atoms. The average Bonchev–Trinajstić information content (AvgIpc) is 3.50. The Morgan fingerprint density at radius 1 is 0.319 bits per heavy atom. The van der Waals surface area contributed by atoms with Crippen LogP contribution in [0.4, 0.5) is 0 Å².